The lowest BCUT2D eigenvalue weighted by Gasteiger charge is -2.04. The number of nitrogens with zero attached hydrogens (tertiary/aromatic N) is 2. The Kier molecular flexibility index (Phi) is 4.27. The van der Waals surface area contributed by atoms with E-state index in [4.69, 9.17) is 11.7 Å². The highest BCUT2D eigenvalue weighted by molar-refractivity contribution is 5.85. The van der Waals surface area contributed by atoms with Crippen LogP contribution in [0.25, 0.3) is 0 Å². The molecule has 0 aromatic carbocycles. The first-order chi connectivity index (χ1) is 5.27. The number of hydrazine groups is 2. The number of aryl methyl sites for hydroxylation is 1. The Balaban J connectivity index is 0.00000121. The zero-order valence-corrected chi connectivity index (χ0v) is 7.35. The molecule has 0 amide bonds. The van der Waals surface area contributed by atoms with Gasteiger partial charge >= 0.3 is 0 Å². The number of aromatic nitrogens is 2. The predicted octanol–water partition coefficient (Wildman–Crippen LogP) is -0.222. The van der Waals surface area contributed by atoms with Crippen LogP contribution in [-0.2, 0) is 0 Å². The van der Waals surface area contributed by atoms with Crippen molar-refractivity contribution in [1.29, 1.82) is 0 Å². The van der Waals surface area contributed by atoms with Gasteiger partial charge in [-0.05, 0) is 6.92 Å². The minimum atomic E-state index is 0. The third kappa shape index (κ3) is 2.19. The third-order valence-corrected chi connectivity index (χ3v) is 1.24. The smallest absolute Gasteiger partial charge is 0.239 e. The molecule has 6 nitrogen and oxygen atoms in total. The summed E-state index contributed by atoms with van der Waals surface area (Å²) in [5.74, 6) is 11.1. The van der Waals surface area contributed by atoms with Crippen LogP contribution >= 0.6 is 12.4 Å². The maximum absolute atomic E-state index is 5.17. The van der Waals surface area contributed by atoms with Gasteiger partial charge in [0.2, 0.25) is 5.95 Å². The number of nitrogens with one attached hydrogen (secondary N) is 2. The van der Waals surface area contributed by atoms with Crippen LogP contribution in [0, 0.1) is 6.92 Å². The van der Waals surface area contributed by atoms with Gasteiger partial charge in [-0.15, -0.1) is 12.4 Å². The summed E-state index contributed by atoms with van der Waals surface area (Å²) >= 11 is 0. The van der Waals surface area contributed by atoms with Gasteiger partial charge in [-0.2, -0.15) is 4.98 Å². The third-order valence-electron chi connectivity index (χ3n) is 1.24. The molecule has 7 heteroatoms. The SMILES string of the molecule is Cc1cnc(NN)nc1NN.Cl. The molecular weight excluding hydrogens is 180 g/mol. The molecule has 0 saturated carbocycles. The van der Waals surface area contributed by atoms with E-state index in [-0.39, 0.29) is 12.4 Å². The molecule has 0 atom stereocenters. The number of nitrogens with two attached hydrogens (primary N) is 2. The van der Waals surface area contributed by atoms with Crippen molar-refractivity contribution >= 4 is 24.2 Å². The Morgan fingerprint density at radius 1 is 1.33 bits per heavy atom. The Morgan fingerprint density at radius 3 is 2.50 bits per heavy atom. The van der Waals surface area contributed by atoms with Gasteiger partial charge in [-0.3, -0.25) is 5.43 Å². The molecule has 0 aliphatic rings. The van der Waals surface area contributed by atoms with Gasteiger partial charge in [0.05, 0.1) is 0 Å². The number of halogens is 1. The fourth-order valence-electron chi connectivity index (χ4n) is 0.658. The molecule has 1 heterocycles. The van der Waals surface area contributed by atoms with E-state index in [0.29, 0.717) is 11.8 Å². The van der Waals surface area contributed by atoms with Crippen molar-refractivity contribution in [2.45, 2.75) is 6.92 Å². The number of nitrogen functional groups attached to an aromatic ring is 2. The van der Waals surface area contributed by atoms with E-state index in [9.17, 15) is 0 Å². The Labute approximate surface area is 76.1 Å². The van der Waals surface area contributed by atoms with Gasteiger partial charge in [0.25, 0.3) is 0 Å². The van der Waals surface area contributed by atoms with Crippen LogP contribution in [0.2, 0.25) is 0 Å². The molecule has 12 heavy (non-hydrogen) atoms. The van der Waals surface area contributed by atoms with Gasteiger partial charge in [-0.1, -0.05) is 0 Å². The van der Waals surface area contributed by atoms with E-state index in [1.165, 1.54) is 0 Å². The largest absolute Gasteiger partial charge is 0.308 e. The molecule has 1 rings (SSSR count). The summed E-state index contributed by atoms with van der Waals surface area (Å²) in [6.07, 6.45) is 1.62. The van der Waals surface area contributed by atoms with Gasteiger partial charge < -0.3 is 5.43 Å². The molecule has 6 N–H and O–H groups in total. The fourth-order valence-corrected chi connectivity index (χ4v) is 0.658. The number of anilines is 2. The van der Waals surface area contributed by atoms with E-state index in [1.54, 1.807) is 6.20 Å². The minimum Gasteiger partial charge on any atom is -0.308 e. The van der Waals surface area contributed by atoms with E-state index in [0.717, 1.165) is 5.56 Å². The summed E-state index contributed by atoms with van der Waals surface area (Å²) in [5.41, 5.74) is 5.60. The molecule has 0 bridgehead atoms. The van der Waals surface area contributed by atoms with Crippen molar-refractivity contribution in [3.63, 3.8) is 0 Å². The van der Waals surface area contributed by atoms with Crippen LogP contribution in [0.4, 0.5) is 11.8 Å². The van der Waals surface area contributed by atoms with Crippen molar-refractivity contribution < 1.29 is 0 Å². The molecule has 0 aliphatic carbocycles. The standard InChI is InChI=1S/C5H10N6.ClH/c1-3-2-8-5(11-7)9-4(3)10-6;/h2H,6-7H2,1H3,(H2,8,9,10,11);1H. The highest BCUT2D eigenvalue weighted by Gasteiger charge is 1.99. The highest BCUT2D eigenvalue weighted by atomic mass is 35.5. The van der Waals surface area contributed by atoms with E-state index >= 15 is 0 Å². The first-order valence-electron chi connectivity index (χ1n) is 3.05. The molecule has 0 radical (unpaired) electrons. The van der Waals surface area contributed by atoms with Crippen LogP contribution in [-0.4, -0.2) is 9.97 Å². The summed E-state index contributed by atoms with van der Waals surface area (Å²) in [4.78, 5) is 7.79. The van der Waals surface area contributed by atoms with E-state index < -0.39 is 0 Å². The molecule has 0 spiro atoms. The topological polar surface area (TPSA) is 102 Å². The lowest BCUT2D eigenvalue weighted by molar-refractivity contribution is 1.08. The van der Waals surface area contributed by atoms with E-state index in [1.807, 2.05) is 6.92 Å². The second-order valence-electron chi connectivity index (χ2n) is 2.01. The van der Waals surface area contributed by atoms with Crippen LogP contribution in [0.3, 0.4) is 0 Å². The first kappa shape index (κ1) is 10.9. The summed E-state index contributed by atoms with van der Waals surface area (Å²) in [6, 6.07) is 0. The summed E-state index contributed by atoms with van der Waals surface area (Å²) < 4.78 is 0. The van der Waals surface area contributed by atoms with Crippen molar-refractivity contribution in [3.05, 3.63) is 11.8 Å². The summed E-state index contributed by atoms with van der Waals surface area (Å²) in [5, 5.41) is 0. The molecule has 68 valence electrons. The predicted molar refractivity (Wildman–Crippen MR) is 49.6 cm³/mol. The first-order valence-corrected chi connectivity index (χ1v) is 3.05. The molecule has 1 aromatic heterocycles. The Morgan fingerprint density at radius 2 is 2.00 bits per heavy atom. The van der Waals surface area contributed by atoms with Crippen molar-refractivity contribution in [2.75, 3.05) is 10.9 Å². The number of hydrogen-bond donors (Lipinski definition) is 4. The normalized spacial score (nSPS) is 8.58. The van der Waals surface area contributed by atoms with Crippen LogP contribution < -0.4 is 22.5 Å². The zero-order chi connectivity index (χ0) is 8.27. The second kappa shape index (κ2) is 4.70. The average Bonchev–Trinajstić information content (AvgIpc) is 2.05. The molecule has 0 saturated heterocycles. The van der Waals surface area contributed by atoms with Crippen molar-refractivity contribution in [2.24, 2.45) is 11.7 Å². The lowest BCUT2D eigenvalue weighted by atomic mass is 10.3. The Hall–Kier alpha value is -1.11. The minimum absolute atomic E-state index is 0. The number of rotatable bonds is 2. The highest BCUT2D eigenvalue weighted by Crippen LogP contribution is 2.09. The van der Waals surface area contributed by atoms with Gasteiger partial charge in [0, 0.05) is 11.8 Å². The summed E-state index contributed by atoms with van der Waals surface area (Å²) in [7, 11) is 0. The maximum Gasteiger partial charge on any atom is 0.239 e. The number of hydrogen-bond acceptors (Lipinski definition) is 6. The van der Waals surface area contributed by atoms with E-state index in [2.05, 4.69) is 20.8 Å². The van der Waals surface area contributed by atoms with Crippen LogP contribution in [0.15, 0.2) is 6.20 Å². The molecule has 0 aliphatic heterocycles. The van der Waals surface area contributed by atoms with Gasteiger partial charge in [0.15, 0.2) is 0 Å². The monoisotopic (exact) mass is 190 g/mol. The molecule has 0 fully saturated rings. The Bertz CT molecular complexity index is 252. The van der Waals surface area contributed by atoms with Crippen LogP contribution in [0.5, 0.6) is 0 Å². The van der Waals surface area contributed by atoms with Gasteiger partial charge in [-0.25, -0.2) is 16.7 Å². The zero-order valence-electron chi connectivity index (χ0n) is 6.53. The molecular formula is C5H11ClN6. The summed E-state index contributed by atoms with van der Waals surface area (Å²) in [6.45, 7) is 1.84. The molecule has 1 aromatic rings. The second-order valence-corrected chi connectivity index (χ2v) is 2.01. The average molecular weight is 191 g/mol. The maximum atomic E-state index is 5.17. The van der Waals surface area contributed by atoms with Gasteiger partial charge in [0.1, 0.15) is 5.82 Å². The molecule has 0 unspecified atom stereocenters. The quantitative estimate of drug-likeness (QED) is 0.380. The van der Waals surface area contributed by atoms with Crippen molar-refractivity contribution in [1.82, 2.24) is 9.97 Å². The fraction of sp³-hybridized carbons (Fsp3) is 0.200. The van der Waals surface area contributed by atoms with Crippen molar-refractivity contribution in [3.8, 4) is 0 Å². The lowest BCUT2D eigenvalue weighted by Crippen LogP contribution is -2.15. The van der Waals surface area contributed by atoms with Crippen LogP contribution in [0.1, 0.15) is 5.56 Å².